The maximum atomic E-state index is 13.3. The maximum Gasteiger partial charge on any atom is 0.238 e. The summed E-state index contributed by atoms with van der Waals surface area (Å²) in [5.74, 6) is 2.44. The molecule has 4 fully saturated rings. The molecule has 4 aliphatic rings. The molecule has 5 rings (SSSR count). The number of aryl methyl sites for hydroxylation is 1. The fourth-order valence-electron chi connectivity index (χ4n) is 6.58. The van der Waals surface area contributed by atoms with Crippen LogP contribution in [0, 0.1) is 24.7 Å². The van der Waals surface area contributed by atoms with Gasteiger partial charge in [0.1, 0.15) is 0 Å². The molecule has 2 N–H and O–H groups in total. The Kier molecular flexibility index (Phi) is 6.19. The highest BCUT2D eigenvalue weighted by molar-refractivity contribution is 5.93. The molecule has 0 radical (unpaired) electrons. The van der Waals surface area contributed by atoms with Gasteiger partial charge in [0.2, 0.25) is 11.8 Å². The summed E-state index contributed by atoms with van der Waals surface area (Å²) in [5, 5.41) is 6.49. The van der Waals surface area contributed by atoms with Crippen molar-refractivity contribution in [2.24, 2.45) is 17.8 Å². The van der Waals surface area contributed by atoms with Gasteiger partial charge in [-0.1, -0.05) is 25.1 Å². The number of anilines is 1. The number of hydrogen-bond donors (Lipinski definition) is 2. The Bertz CT molecular complexity index is 755. The second kappa shape index (κ2) is 8.70. The number of benzene rings is 1. The molecule has 0 aromatic heterocycles. The zero-order valence-electron chi connectivity index (χ0n) is 18.7. The van der Waals surface area contributed by atoms with Crippen molar-refractivity contribution >= 4 is 17.5 Å². The van der Waals surface area contributed by atoms with Crippen LogP contribution in [0.4, 0.5) is 5.69 Å². The molecule has 5 nitrogen and oxygen atoms in total. The Morgan fingerprint density at radius 3 is 2.27 bits per heavy atom. The third kappa shape index (κ3) is 4.56. The van der Waals surface area contributed by atoms with Gasteiger partial charge in [-0.15, -0.1) is 0 Å². The Labute approximate surface area is 181 Å². The first kappa shape index (κ1) is 21.4. The van der Waals surface area contributed by atoms with Gasteiger partial charge >= 0.3 is 0 Å². The molecule has 164 valence electrons. The minimum atomic E-state index is -0.305. The minimum absolute atomic E-state index is 0.0153. The van der Waals surface area contributed by atoms with E-state index < -0.39 is 0 Å². The molecule has 4 saturated carbocycles. The standard InChI is InChI=1S/C25H37N3O2/c1-4-9-28(16-23(29)26-22-8-6-5-7-17(22)2)18(3)24(30)27-25-13-19-10-20(14-25)12-21(11-19)15-25/h5-8,18-21H,4,9-16H2,1-3H3,(H,26,29)(H,27,30). The fourth-order valence-corrected chi connectivity index (χ4v) is 6.58. The lowest BCUT2D eigenvalue weighted by Gasteiger charge is -2.57. The molecule has 0 spiro atoms. The van der Waals surface area contributed by atoms with Gasteiger partial charge in [0.15, 0.2) is 0 Å². The quantitative estimate of drug-likeness (QED) is 0.676. The van der Waals surface area contributed by atoms with Crippen LogP contribution in [-0.2, 0) is 9.59 Å². The number of nitrogens with one attached hydrogen (secondary N) is 2. The third-order valence-electron chi connectivity index (χ3n) is 7.63. The highest BCUT2D eigenvalue weighted by Gasteiger charge is 2.51. The SMILES string of the molecule is CCCN(CC(=O)Nc1ccccc1C)C(C)C(=O)NC12CC3CC(CC(C3)C1)C2. The molecule has 0 aliphatic heterocycles. The predicted octanol–water partition coefficient (Wildman–Crippen LogP) is 4.12. The Hall–Kier alpha value is -1.88. The Balaban J connectivity index is 1.38. The first-order chi connectivity index (χ1) is 14.4. The molecule has 1 atom stereocenters. The van der Waals surface area contributed by atoms with E-state index in [2.05, 4.69) is 17.6 Å². The summed E-state index contributed by atoms with van der Waals surface area (Å²) in [4.78, 5) is 28.0. The van der Waals surface area contributed by atoms with Crippen LogP contribution in [0.15, 0.2) is 24.3 Å². The maximum absolute atomic E-state index is 13.3. The molecule has 5 heteroatoms. The van der Waals surface area contributed by atoms with Crippen molar-refractivity contribution in [1.82, 2.24) is 10.2 Å². The summed E-state index contributed by atoms with van der Waals surface area (Å²) < 4.78 is 0. The lowest BCUT2D eigenvalue weighted by atomic mass is 9.53. The van der Waals surface area contributed by atoms with Crippen LogP contribution in [0.2, 0.25) is 0 Å². The first-order valence-electron chi connectivity index (χ1n) is 11.8. The highest BCUT2D eigenvalue weighted by atomic mass is 16.2. The molecule has 30 heavy (non-hydrogen) atoms. The van der Waals surface area contributed by atoms with Gasteiger partial charge in [0.25, 0.3) is 0 Å². The Morgan fingerprint density at radius 1 is 1.10 bits per heavy atom. The summed E-state index contributed by atoms with van der Waals surface area (Å²) >= 11 is 0. The normalized spacial score (nSPS) is 30.3. The van der Waals surface area contributed by atoms with E-state index in [1.54, 1.807) is 0 Å². The summed E-state index contributed by atoms with van der Waals surface area (Å²) in [6, 6.07) is 7.49. The minimum Gasteiger partial charge on any atom is -0.349 e. The number of nitrogens with zero attached hydrogens (tertiary/aromatic N) is 1. The van der Waals surface area contributed by atoms with Crippen molar-refractivity contribution in [3.05, 3.63) is 29.8 Å². The summed E-state index contributed by atoms with van der Waals surface area (Å²) in [6.07, 6.45) is 8.47. The summed E-state index contributed by atoms with van der Waals surface area (Å²) in [5.41, 5.74) is 1.90. The van der Waals surface area contributed by atoms with E-state index in [0.717, 1.165) is 61.2 Å². The molecule has 4 aliphatic carbocycles. The molecule has 1 unspecified atom stereocenters. The van der Waals surface area contributed by atoms with Crippen LogP contribution in [0.1, 0.15) is 64.4 Å². The van der Waals surface area contributed by atoms with Gasteiger partial charge in [-0.05, 0) is 94.7 Å². The summed E-state index contributed by atoms with van der Waals surface area (Å²) in [7, 11) is 0. The van der Waals surface area contributed by atoms with E-state index in [-0.39, 0.29) is 29.9 Å². The fraction of sp³-hybridized carbons (Fsp3) is 0.680. The van der Waals surface area contributed by atoms with Crippen LogP contribution >= 0.6 is 0 Å². The van der Waals surface area contributed by atoms with Crippen molar-refractivity contribution in [2.75, 3.05) is 18.4 Å². The van der Waals surface area contributed by atoms with Gasteiger partial charge < -0.3 is 10.6 Å². The molecular weight excluding hydrogens is 374 g/mol. The second-order valence-corrected chi connectivity index (χ2v) is 10.2. The van der Waals surface area contributed by atoms with Crippen molar-refractivity contribution in [3.63, 3.8) is 0 Å². The third-order valence-corrected chi connectivity index (χ3v) is 7.63. The monoisotopic (exact) mass is 411 g/mol. The zero-order chi connectivity index (χ0) is 21.3. The van der Waals surface area contributed by atoms with E-state index in [1.165, 1.54) is 19.3 Å². The number of hydrogen-bond acceptors (Lipinski definition) is 3. The van der Waals surface area contributed by atoms with E-state index in [9.17, 15) is 9.59 Å². The van der Waals surface area contributed by atoms with Crippen LogP contribution in [0.3, 0.4) is 0 Å². The van der Waals surface area contributed by atoms with Gasteiger partial charge in [0, 0.05) is 11.2 Å². The topological polar surface area (TPSA) is 61.4 Å². The molecule has 1 aromatic carbocycles. The number of rotatable bonds is 8. The largest absolute Gasteiger partial charge is 0.349 e. The molecule has 4 bridgehead atoms. The number of para-hydroxylation sites is 1. The second-order valence-electron chi connectivity index (χ2n) is 10.2. The first-order valence-corrected chi connectivity index (χ1v) is 11.8. The summed E-state index contributed by atoms with van der Waals surface area (Å²) in [6.45, 7) is 7.00. The van der Waals surface area contributed by atoms with Crippen LogP contribution < -0.4 is 10.6 Å². The predicted molar refractivity (Wildman–Crippen MR) is 120 cm³/mol. The molecule has 2 amide bonds. The van der Waals surface area contributed by atoms with E-state index in [0.29, 0.717) is 0 Å². The Morgan fingerprint density at radius 2 is 1.70 bits per heavy atom. The number of carbonyl (C=O) groups is 2. The number of amides is 2. The lowest BCUT2D eigenvalue weighted by Crippen LogP contribution is -2.62. The van der Waals surface area contributed by atoms with Crippen LogP contribution in [-0.4, -0.2) is 41.4 Å². The lowest BCUT2D eigenvalue weighted by molar-refractivity contribution is -0.132. The van der Waals surface area contributed by atoms with Gasteiger partial charge in [-0.2, -0.15) is 0 Å². The average Bonchev–Trinajstić information content (AvgIpc) is 2.67. The van der Waals surface area contributed by atoms with Crippen molar-refractivity contribution < 1.29 is 9.59 Å². The number of carbonyl (C=O) groups excluding carboxylic acids is 2. The highest BCUT2D eigenvalue weighted by Crippen LogP contribution is 2.55. The molecular formula is C25H37N3O2. The van der Waals surface area contributed by atoms with Crippen LogP contribution in [0.5, 0.6) is 0 Å². The molecule has 1 aromatic rings. The molecule has 0 saturated heterocycles. The zero-order valence-corrected chi connectivity index (χ0v) is 18.7. The van der Waals surface area contributed by atoms with E-state index >= 15 is 0 Å². The van der Waals surface area contributed by atoms with Crippen molar-refractivity contribution in [3.8, 4) is 0 Å². The smallest absolute Gasteiger partial charge is 0.238 e. The van der Waals surface area contributed by atoms with E-state index in [1.807, 2.05) is 43.0 Å². The van der Waals surface area contributed by atoms with E-state index in [4.69, 9.17) is 0 Å². The molecule has 0 heterocycles. The van der Waals surface area contributed by atoms with Gasteiger partial charge in [-0.25, -0.2) is 0 Å². The van der Waals surface area contributed by atoms with Crippen LogP contribution in [0.25, 0.3) is 0 Å². The van der Waals surface area contributed by atoms with Gasteiger partial charge in [-0.3, -0.25) is 14.5 Å². The van der Waals surface area contributed by atoms with Crippen molar-refractivity contribution in [2.45, 2.75) is 77.3 Å². The van der Waals surface area contributed by atoms with Crippen molar-refractivity contribution in [1.29, 1.82) is 0 Å². The average molecular weight is 412 g/mol. The van der Waals surface area contributed by atoms with Gasteiger partial charge in [0.05, 0.1) is 12.6 Å².